The molecule has 1 aromatic carbocycles. The fraction of sp³-hybridized carbons (Fsp3) is 0.273. The smallest absolute Gasteiger partial charge is 0.258 e. The second kappa shape index (κ2) is 4.95. The van der Waals surface area contributed by atoms with Gasteiger partial charge >= 0.3 is 0 Å². The topological polar surface area (TPSA) is 89.3 Å². The van der Waals surface area contributed by atoms with Crippen LogP contribution in [-0.2, 0) is 10.0 Å². The number of nitro benzene ring substituents is 1. The molecule has 6 nitrogen and oxygen atoms in total. The van der Waals surface area contributed by atoms with Gasteiger partial charge in [-0.25, -0.2) is 12.8 Å². The fourth-order valence-corrected chi connectivity index (χ4v) is 2.78. The third kappa shape index (κ3) is 3.49. The van der Waals surface area contributed by atoms with E-state index in [1.165, 1.54) is 13.8 Å². The van der Waals surface area contributed by atoms with Gasteiger partial charge in [0.1, 0.15) is 5.82 Å². The maximum atomic E-state index is 12.9. The van der Waals surface area contributed by atoms with Crippen LogP contribution in [0.15, 0.2) is 23.1 Å². The van der Waals surface area contributed by atoms with Crippen LogP contribution in [0, 0.1) is 28.3 Å². The highest BCUT2D eigenvalue weighted by molar-refractivity contribution is 7.89. The molecule has 19 heavy (non-hydrogen) atoms. The number of rotatable bonds is 4. The zero-order valence-corrected chi connectivity index (χ0v) is 11.0. The first kappa shape index (κ1) is 15.1. The summed E-state index contributed by atoms with van der Waals surface area (Å²) in [5.74, 6) is 1.29. The highest BCUT2D eigenvalue weighted by Crippen LogP contribution is 2.25. The Bertz CT molecular complexity index is 662. The SMILES string of the molecule is C#CC(C)(C)NS(=O)(=O)c1ccc(F)cc1[N+](=O)[O-]. The molecule has 0 aliphatic rings. The van der Waals surface area contributed by atoms with Crippen molar-refractivity contribution >= 4 is 15.7 Å². The Morgan fingerprint density at radius 2 is 2.05 bits per heavy atom. The van der Waals surface area contributed by atoms with Gasteiger partial charge in [-0.05, 0) is 26.0 Å². The van der Waals surface area contributed by atoms with E-state index in [0.717, 1.165) is 12.1 Å². The lowest BCUT2D eigenvalue weighted by molar-refractivity contribution is -0.388. The lowest BCUT2D eigenvalue weighted by Crippen LogP contribution is -2.42. The molecule has 0 saturated carbocycles. The number of nitrogens with one attached hydrogen (secondary N) is 1. The molecular formula is C11H11FN2O4S. The number of nitrogens with zero attached hydrogens (tertiary/aromatic N) is 1. The number of halogens is 1. The Morgan fingerprint density at radius 3 is 2.53 bits per heavy atom. The first-order chi connectivity index (χ1) is 8.59. The van der Waals surface area contributed by atoms with Crippen LogP contribution in [0.4, 0.5) is 10.1 Å². The minimum Gasteiger partial charge on any atom is -0.258 e. The van der Waals surface area contributed by atoms with Crippen molar-refractivity contribution in [2.24, 2.45) is 0 Å². The Labute approximate surface area is 109 Å². The largest absolute Gasteiger partial charge is 0.292 e. The predicted molar refractivity (Wildman–Crippen MR) is 66.3 cm³/mol. The van der Waals surface area contributed by atoms with E-state index in [9.17, 15) is 22.9 Å². The maximum Gasteiger partial charge on any atom is 0.292 e. The first-order valence-electron chi connectivity index (χ1n) is 5.05. The van der Waals surface area contributed by atoms with Crippen LogP contribution >= 0.6 is 0 Å². The van der Waals surface area contributed by atoms with Crippen molar-refractivity contribution in [2.45, 2.75) is 24.3 Å². The summed E-state index contributed by atoms with van der Waals surface area (Å²) in [6.07, 6.45) is 5.14. The van der Waals surface area contributed by atoms with Crippen LogP contribution in [-0.4, -0.2) is 18.9 Å². The average molecular weight is 286 g/mol. The molecule has 0 saturated heterocycles. The zero-order valence-electron chi connectivity index (χ0n) is 10.2. The molecule has 1 aromatic rings. The van der Waals surface area contributed by atoms with Gasteiger partial charge in [0.15, 0.2) is 4.90 Å². The normalized spacial score (nSPS) is 11.9. The molecule has 0 amide bonds. The summed E-state index contributed by atoms with van der Waals surface area (Å²) in [6, 6.07) is 2.18. The summed E-state index contributed by atoms with van der Waals surface area (Å²) in [7, 11) is -4.22. The fourth-order valence-electron chi connectivity index (χ4n) is 1.28. The van der Waals surface area contributed by atoms with E-state index in [4.69, 9.17) is 6.42 Å². The number of hydrogen-bond acceptors (Lipinski definition) is 4. The van der Waals surface area contributed by atoms with Gasteiger partial charge in [0.05, 0.1) is 16.5 Å². The van der Waals surface area contributed by atoms with Crippen molar-refractivity contribution in [3.8, 4) is 12.3 Å². The van der Waals surface area contributed by atoms with Gasteiger partial charge in [-0.15, -0.1) is 6.42 Å². The van der Waals surface area contributed by atoms with Gasteiger partial charge in [0, 0.05) is 0 Å². The molecule has 0 unspecified atom stereocenters. The quantitative estimate of drug-likeness (QED) is 0.515. The van der Waals surface area contributed by atoms with Gasteiger partial charge < -0.3 is 0 Å². The van der Waals surface area contributed by atoms with E-state index in [1.54, 1.807) is 0 Å². The van der Waals surface area contributed by atoms with E-state index in [1.807, 2.05) is 0 Å². The zero-order chi connectivity index (χ0) is 14.8. The summed E-state index contributed by atoms with van der Waals surface area (Å²) in [5, 5.41) is 10.8. The number of sulfonamides is 1. The van der Waals surface area contributed by atoms with E-state index in [2.05, 4.69) is 10.6 Å². The molecule has 0 aliphatic carbocycles. The summed E-state index contributed by atoms with van der Waals surface area (Å²) in [4.78, 5) is 9.15. The molecule has 0 spiro atoms. The van der Waals surface area contributed by atoms with E-state index in [0.29, 0.717) is 6.07 Å². The minimum absolute atomic E-state index is 0.539. The standard InChI is InChI=1S/C11H11FN2O4S/c1-4-11(2,3)13-19(17,18)10-6-5-8(12)7-9(10)14(15)16/h1,5-7,13H,2-3H3. The third-order valence-electron chi connectivity index (χ3n) is 2.16. The summed E-state index contributed by atoms with van der Waals surface area (Å²) >= 11 is 0. The highest BCUT2D eigenvalue weighted by atomic mass is 32.2. The average Bonchev–Trinajstić information content (AvgIpc) is 2.27. The molecule has 102 valence electrons. The molecule has 1 N–H and O–H groups in total. The highest BCUT2D eigenvalue weighted by Gasteiger charge is 2.30. The van der Waals surface area contributed by atoms with Crippen molar-refractivity contribution in [1.82, 2.24) is 4.72 Å². The van der Waals surface area contributed by atoms with Gasteiger partial charge in [0.25, 0.3) is 5.69 Å². The number of nitro groups is 1. The van der Waals surface area contributed by atoms with Gasteiger partial charge in [0.2, 0.25) is 10.0 Å². The van der Waals surface area contributed by atoms with Crippen LogP contribution in [0.25, 0.3) is 0 Å². The number of benzene rings is 1. The van der Waals surface area contributed by atoms with Crippen LogP contribution in [0.5, 0.6) is 0 Å². The van der Waals surface area contributed by atoms with Crippen molar-refractivity contribution in [3.05, 3.63) is 34.1 Å². The molecule has 8 heteroatoms. The van der Waals surface area contributed by atoms with Crippen LogP contribution < -0.4 is 4.72 Å². The van der Waals surface area contributed by atoms with E-state index in [-0.39, 0.29) is 0 Å². The molecule has 0 bridgehead atoms. The Hall–Kier alpha value is -1.98. The third-order valence-corrected chi connectivity index (χ3v) is 3.86. The monoisotopic (exact) mass is 286 g/mol. The molecule has 0 aliphatic heterocycles. The van der Waals surface area contributed by atoms with E-state index >= 15 is 0 Å². The number of hydrogen-bond donors (Lipinski definition) is 1. The first-order valence-corrected chi connectivity index (χ1v) is 6.53. The van der Waals surface area contributed by atoms with Crippen molar-refractivity contribution in [1.29, 1.82) is 0 Å². The molecule has 0 fully saturated rings. The maximum absolute atomic E-state index is 12.9. The van der Waals surface area contributed by atoms with Crippen LogP contribution in [0.1, 0.15) is 13.8 Å². The predicted octanol–water partition coefficient (Wildman–Crippen LogP) is 1.42. The number of terminal acetylenes is 1. The van der Waals surface area contributed by atoms with Gasteiger partial charge in [-0.3, -0.25) is 10.1 Å². The molecule has 1 rings (SSSR count). The molecular weight excluding hydrogens is 275 g/mol. The van der Waals surface area contributed by atoms with Crippen LogP contribution in [0.3, 0.4) is 0 Å². The summed E-state index contributed by atoms with van der Waals surface area (Å²) in [6.45, 7) is 2.83. The molecule has 0 heterocycles. The van der Waals surface area contributed by atoms with Gasteiger partial charge in [-0.1, -0.05) is 5.92 Å². The van der Waals surface area contributed by atoms with Crippen LogP contribution in [0.2, 0.25) is 0 Å². The van der Waals surface area contributed by atoms with E-state index < -0.39 is 36.9 Å². The van der Waals surface area contributed by atoms with Crippen molar-refractivity contribution in [2.75, 3.05) is 0 Å². The Morgan fingerprint density at radius 1 is 1.47 bits per heavy atom. The lowest BCUT2D eigenvalue weighted by atomic mass is 10.1. The van der Waals surface area contributed by atoms with Gasteiger partial charge in [-0.2, -0.15) is 4.72 Å². The Balaban J connectivity index is 3.39. The summed E-state index contributed by atoms with van der Waals surface area (Å²) in [5.41, 5.74) is -2.07. The Kier molecular flexibility index (Phi) is 3.93. The molecule has 0 aromatic heterocycles. The second-order valence-corrected chi connectivity index (χ2v) is 5.89. The lowest BCUT2D eigenvalue weighted by Gasteiger charge is -2.19. The second-order valence-electron chi connectivity index (χ2n) is 4.24. The molecule has 0 radical (unpaired) electrons. The minimum atomic E-state index is -4.22. The van der Waals surface area contributed by atoms with Crippen molar-refractivity contribution < 1.29 is 17.7 Å². The summed E-state index contributed by atoms with van der Waals surface area (Å²) < 4.78 is 39.1. The van der Waals surface area contributed by atoms with Crippen molar-refractivity contribution in [3.63, 3.8) is 0 Å². The molecule has 0 atom stereocenters.